The highest BCUT2D eigenvalue weighted by Crippen LogP contribution is 2.24. The third kappa shape index (κ3) is 6.19. The van der Waals surface area contributed by atoms with Crippen molar-refractivity contribution in [1.29, 1.82) is 0 Å². The lowest BCUT2D eigenvalue weighted by Crippen LogP contribution is -2.32. The highest BCUT2D eigenvalue weighted by atomic mass is 35.5. The summed E-state index contributed by atoms with van der Waals surface area (Å²) in [5, 5.41) is 3.14. The van der Waals surface area contributed by atoms with Crippen molar-refractivity contribution in [2.75, 3.05) is 29.9 Å². The third-order valence-electron chi connectivity index (χ3n) is 5.05. The maximum atomic E-state index is 12.2. The summed E-state index contributed by atoms with van der Waals surface area (Å²) in [5.41, 5.74) is 1.85. The van der Waals surface area contributed by atoms with Gasteiger partial charge in [-0.2, -0.15) is 0 Å². The van der Waals surface area contributed by atoms with E-state index in [1.165, 1.54) is 25.0 Å². The Morgan fingerprint density at radius 1 is 1.14 bits per heavy atom. The van der Waals surface area contributed by atoms with E-state index in [-0.39, 0.29) is 23.8 Å². The van der Waals surface area contributed by atoms with Crippen molar-refractivity contribution < 1.29 is 13.2 Å². The van der Waals surface area contributed by atoms with Gasteiger partial charge in [-0.15, -0.1) is 0 Å². The normalized spacial score (nSPS) is 15.3. The van der Waals surface area contributed by atoms with Crippen LogP contribution in [0.1, 0.15) is 26.2 Å². The minimum atomic E-state index is -3.69. The topological polar surface area (TPSA) is 78.5 Å². The van der Waals surface area contributed by atoms with Crippen molar-refractivity contribution >= 4 is 38.9 Å². The second-order valence-corrected chi connectivity index (χ2v) is 9.57. The van der Waals surface area contributed by atoms with Crippen LogP contribution in [0.4, 0.5) is 11.4 Å². The number of hydrogen-bond donors (Lipinski definition) is 2. The molecule has 0 aromatic heterocycles. The first-order chi connectivity index (χ1) is 13.8. The number of carbonyl (C=O) groups is 1. The summed E-state index contributed by atoms with van der Waals surface area (Å²) in [6.07, 6.45) is 2.43. The number of halogens is 1. The van der Waals surface area contributed by atoms with Gasteiger partial charge in [-0.1, -0.05) is 24.6 Å². The number of nitrogens with zero attached hydrogens (tertiary/aromatic N) is 1. The summed E-state index contributed by atoms with van der Waals surface area (Å²) in [7, 11) is -3.69. The number of hydrogen-bond acceptors (Lipinski definition) is 4. The Morgan fingerprint density at radius 2 is 1.83 bits per heavy atom. The van der Waals surface area contributed by atoms with Crippen molar-refractivity contribution in [2.45, 2.75) is 31.1 Å². The van der Waals surface area contributed by atoms with Crippen molar-refractivity contribution in [3.63, 3.8) is 0 Å². The number of anilines is 2. The summed E-state index contributed by atoms with van der Waals surface area (Å²) < 4.78 is 26.9. The summed E-state index contributed by atoms with van der Waals surface area (Å²) in [5.74, 6) is 0.527. The van der Waals surface area contributed by atoms with Gasteiger partial charge in [0.05, 0.1) is 4.90 Å². The van der Waals surface area contributed by atoms with E-state index in [1.807, 2.05) is 24.3 Å². The van der Waals surface area contributed by atoms with E-state index in [2.05, 4.69) is 21.9 Å². The Balaban J connectivity index is 1.47. The summed E-state index contributed by atoms with van der Waals surface area (Å²) in [6, 6.07) is 13.8. The first-order valence-corrected chi connectivity index (χ1v) is 11.6. The summed E-state index contributed by atoms with van der Waals surface area (Å²) in [6.45, 7) is 4.40. The van der Waals surface area contributed by atoms with Crippen LogP contribution >= 0.6 is 11.6 Å². The van der Waals surface area contributed by atoms with Crippen molar-refractivity contribution in [3.05, 3.63) is 53.6 Å². The van der Waals surface area contributed by atoms with Crippen LogP contribution in [0.25, 0.3) is 0 Å². The molecule has 8 heteroatoms. The van der Waals surface area contributed by atoms with Gasteiger partial charge < -0.3 is 10.2 Å². The van der Waals surface area contributed by atoms with E-state index in [9.17, 15) is 13.2 Å². The molecule has 1 heterocycles. The molecule has 1 fully saturated rings. The quantitative estimate of drug-likeness (QED) is 0.691. The van der Waals surface area contributed by atoms with Crippen molar-refractivity contribution in [3.8, 4) is 0 Å². The molecule has 6 nitrogen and oxygen atoms in total. The molecular weight excluding hydrogens is 410 g/mol. The van der Waals surface area contributed by atoms with Crippen LogP contribution < -0.4 is 14.9 Å². The first kappa shape index (κ1) is 21.6. The molecule has 2 aromatic carbocycles. The molecule has 0 aliphatic carbocycles. The molecule has 1 amide bonds. The van der Waals surface area contributed by atoms with Gasteiger partial charge in [0, 0.05) is 42.5 Å². The fourth-order valence-electron chi connectivity index (χ4n) is 3.26. The number of benzene rings is 2. The Morgan fingerprint density at radius 3 is 2.48 bits per heavy atom. The van der Waals surface area contributed by atoms with E-state index in [1.54, 1.807) is 12.1 Å². The number of carbonyl (C=O) groups excluding carboxylic acids is 1. The van der Waals surface area contributed by atoms with Crippen LogP contribution in [0.3, 0.4) is 0 Å². The molecule has 0 unspecified atom stereocenters. The largest absolute Gasteiger partial charge is 0.372 e. The van der Waals surface area contributed by atoms with Gasteiger partial charge in [-0.05, 0) is 61.2 Å². The molecule has 3 rings (SSSR count). The Labute approximate surface area is 177 Å². The van der Waals surface area contributed by atoms with Gasteiger partial charge in [-0.25, -0.2) is 13.1 Å². The van der Waals surface area contributed by atoms with Crippen LogP contribution in [0.2, 0.25) is 5.02 Å². The summed E-state index contributed by atoms with van der Waals surface area (Å²) in [4.78, 5) is 14.6. The molecule has 0 bridgehead atoms. The van der Waals surface area contributed by atoms with Gasteiger partial charge in [0.15, 0.2) is 0 Å². The van der Waals surface area contributed by atoms with Crippen LogP contribution in [0.15, 0.2) is 53.4 Å². The Kier molecular flexibility index (Phi) is 7.16. The van der Waals surface area contributed by atoms with Gasteiger partial charge in [0.25, 0.3) is 0 Å². The van der Waals surface area contributed by atoms with Crippen molar-refractivity contribution in [2.24, 2.45) is 5.92 Å². The zero-order valence-electron chi connectivity index (χ0n) is 16.4. The van der Waals surface area contributed by atoms with Crippen LogP contribution in [0, 0.1) is 5.92 Å². The van der Waals surface area contributed by atoms with Crippen LogP contribution in [-0.4, -0.2) is 34.0 Å². The highest BCUT2D eigenvalue weighted by Gasteiger charge is 2.16. The lowest BCUT2D eigenvalue weighted by molar-refractivity contribution is -0.116. The minimum absolute atomic E-state index is 0.00469. The molecule has 0 spiro atoms. The maximum absolute atomic E-state index is 12.2. The number of amides is 1. The lowest BCUT2D eigenvalue weighted by atomic mass is 9.99. The fourth-order valence-corrected chi connectivity index (χ4v) is 4.59. The standard InChI is InChI=1S/C21H26ClN3O3S/c1-16-10-13-25(14-11-16)19-7-5-18(6-8-19)24-21(26)9-12-23-29(27,28)20-4-2-3-17(22)15-20/h2-8,15-16,23H,9-14H2,1H3,(H,24,26). The molecule has 156 valence electrons. The van der Waals surface area contributed by atoms with E-state index in [0.717, 1.165) is 24.7 Å². The maximum Gasteiger partial charge on any atom is 0.240 e. The molecule has 2 aromatic rings. The number of piperidine rings is 1. The first-order valence-electron chi connectivity index (χ1n) is 9.73. The molecule has 29 heavy (non-hydrogen) atoms. The number of rotatable bonds is 7. The zero-order chi connectivity index (χ0) is 20.9. The average molecular weight is 436 g/mol. The number of nitrogens with one attached hydrogen (secondary N) is 2. The summed E-state index contributed by atoms with van der Waals surface area (Å²) >= 11 is 5.83. The SMILES string of the molecule is CC1CCN(c2ccc(NC(=O)CCNS(=O)(=O)c3cccc(Cl)c3)cc2)CC1. The monoisotopic (exact) mass is 435 g/mol. The number of sulfonamides is 1. The lowest BCUT2D eigenvalue weighted by Gasteiger charge is -2.32. The Hall–Kier alpha value is -2.09. The van der Waals surface area contributed by atoms with E-state index < -0.39 is 10.0 Å². The molecule has 2 N–H and O–H groups in total. The predicted molar refractivity (Wildman–Crippen MR) is 117 cm³/mol. The average Bonchev–Trinajstić information content (AvgIpc) is 2.69. The zero-order valence-corrected chi connectivity index (χ0v) is 18.0. The van der Waals surface area contributed by atoms with Crippen molar-refractivity contribution in [1.82, 2.24) is 4.72 Å². The van der Waals surface area contributed by atoms with Crippen LogP contribution in [-0.2, 0) is 14.8 Å². The molecule has 1 aliphatic heterocycles. The second kappa shape index (κ2) is 9.61. The van der Waals surface area contributed by atoms with Gasteiger partial charge in [-0.3, -0.25) is 4.79 Å². The van der Waals surface area contributed by atoms with E-state index in [4.69, 9.17) is 11.6 Å². The molecular formula is C21H26ClN3O3S. The van der Waals surface area contributed by atoms with E-state index in [0.29, 0.717) is 10.7 Å². The Bertz CT molecular complexity index is 940. The molecule has 0 saturated carbocycles. The molecule has 1 aliphatic rings. The third-order valence-corrected chi connectivity index (χ3v) is 6.74. The molecule has 1 saturated heterocycles. The molecule has 0 radical (unpaired) electrons. The smallest absolute Gasteiger partial charge is 0.240 e. The van der Waals surface area contributed by atoms with Gasteiger partial charge >= 0.3 is 0 Å². The second-order valence-electron chi connectivity index (χ2n) is 7.37. The van der Waals surface area contributed by atoms with Gasteiger partial charge in [0.2, 0.25) is 15.9 Å². The fraction of sp³-hybridized carbons (Fsp3) is 0.381. The predicted octanol–water partition coefficient (Wildman–Crippen LogP) is 3.88. The minimum Gasteiger partial charge on any atom is -0.372 e. The van der Waals surface area contributed by atoms with Gasteiger partial charge in [0.1, 0.15) is 0 Å². The van der Waals surface area contributed by atoms with E-state index >= 15 is 0 Å². The van der Waals surface area contributed by atoms with Crippen LogP contribution in [0.5, 0.6) is 0 Å². The highest BCUT2D eigenvalue weighted by molar-refractivity contribution is 7.89. The molecule has 0 atom stereocenters.